The van der Waals surface area contributed by atoms with E-state index >= 15 is 0 Å². The van der Waals surface area contributed by atoms with Gasteiger partial charge in [-0.1, -0.05) is 5.92 Å². The van der Waals surface area contributed by atoms with Crippen molar-refractivity contribution in [2.45, 2.75) is 6.92 Å². The second-order valence-corrected chi connectivity index (χ2v) is 2.90. The van der Waals surface area contributed by atoms with Crippen LogP contribution < -0.4 is 0 Å². The maximum Gasteiger partial charge on any atom is 0.337 e. The van der Waals surface area contributed by atoms with E-state index < -0.39 is 7.60 Å². The molecular formula is C4H7O3P. The molecule has 0 bridgehead atoms. The monoisotopic (exact) mass is 134 g/mol. The molecule has 4 heteroatoms. The van der Waals surface area contributed by atoms with Crippen molar-refractivity contribution in [1.29, 1.82) is 0 Å². The number of rotatable bonds is 1. The minimum absolute atomic E-state index is 0.330. The van der Waals surface area contributed by atoms with E-state index in [0.29, 0.717) is 0 Å². The highest BCUT2D eigenvalue weighted by atomic mass is 31.2. The van der Waals surface area contributed by atoms with Gasteiger partial charge in [0, 0.05) is 0 Å². The third kappa shape index (κ3) is 5.71. The zero-order chi connectivity index (χ0) is 6.62. The standard InChI is InChI=1S/C4H7O3P/c1-2-3-4-8(5,6)7/h4H2,1H3,(H2,5,6,7). The van der Waals surface area contributed by atoms with Crippen molar-refractivity contribution in [2.24, 2.45) is 0 Å². The van der Waals surface area contributed by atoms with Gasteiger partial charge in [0.2, 0.25) is 0 Å². The molecule has 0 radical (unpaired) electrons. The van der Waals surface area contributed by atoms with Gasteiger partial charge >= 0.3 is 7.60 Å². The SMILES string of the molecule is CC#CCP(=O)(O)O. The Balaban J connectivity index is 3.68. The predicted octanol–water partition coefficient (Wildman–Crippen LogP) is 0.187. The molecule has 0 rings (SSSR count). The van der Waals surface area contributed by atoms with Crippen LogP contribution in [0.2, 0.25) is 0 Å². The van der Waals surface area contributed by atoms with Gasteiger partial charge in [0.1, 0.15) is 6.16 Å². The van der Waals surface area contributed by atoms with Crippen LogP contribution in [0.15, 0.2) is 0 Å². The van der Waals surface area contributed by atoms with Gasteiger partial charge in [0.05, 0.1) is 0 Å². The summed E-state index contributed by atoms with van der Waals surface area (Å²) in [6.45, 7) is 1.54. The molecule has 0 amide bonds. The van der Waals surface area contributed by atoms with Gasteiger partial charge in [0.15, 0.2) is 0 Å². The summed E-state index contributed by atoms with van der Waals surface area (Å²) in [5.74, 6) is 4.66. The van der Waals surface area contributed by atoms with Crippen LogP contribution in [0.3, 0.4) is 0 Å². The number of hydrogen-bond donors (Lipinski definition) is 2. The van der Waals surface area contributed by atoms with Crippen LogP contribution in [-0.4, -0.2) is 15.9 Å². The summed E-state index contributed by atoms with van der Waals surface area (Å²) in [6, 6.07) is 0. The maximum atomic E-state index is 9.98. The Morgan fingerprint density at radius 2 is 2.12 bits per heavy atom. The molecule has 0 aliphatic heterocycles. The molecule has 8 heavy (non-hydrogen) atoms. The van der Waals surface area contributed by atoms with Gasteiger partial charge in [0.25, 0.3) is 0 Å². The van der Waals surface area contributed by atoms with E-state index in [-0.39, 0.29) is 6.16 Å². The van der Waals surface area contributed by atoms with Crippen molar-refractivity contribution in [3.63, 3.8) is 0 Å². The topological polar surface area (TPSA) is 57.5 Å². The highest BCUT2D eigenvalue weighted by Gasteiger charge is 2.08. The van der Waals surface area contributed by atoms with Gasteiger partial charge in [-0.15, -0.1) is 5.92 Å². The van der Waals surface area contributed by atoms with Crippen molar-refractivity contribution in [1.82, 2.24) is 0 Å². The van der Waals surface area contributed by atoms with Crippen LogP contribution in [0, 0.1) is 11.8 Å². The molecular weight excluding hydrogens is 127 g/mol. The molecule has 3 nitrogen and oxygen atoms in total. The van der Waals surface area contributed by atoms with Crippen molar-refractivity contribution < 1.29 is 14.4 Å². The molecule has 0 saturated carbocycles. The second-order valence-electron chi connectivity index (χ2n) is 1.25. The summed E-state index contributed by atoms with van der Waals surface area (Å²) in [6.07, 6.45) is -0.330. The Kier molecular flexibility index (Phi) is 2.78. The lowest BCUT2D eigenvalue weighted by atomic mass is 10.7. The summed E-state index contributed by atoms with van der Waals surface area (Å²) in [5.41, 5.74) is 0. The molecule has 0 saturated heterocycles. The fourth-order valence-electron chi connectivity index (χ4n) is 0.182. The number of hydrogen-bond acceptors (Lipinski definition) is 1. The predicted molar refractivity (Wildman–Crippen MR) is 30.4 cm³/mol. The molecule has 46 valence electrons. The molecule has 0 heterocycles. The van der Waals surface area contributed by atoms with Gasteiger partial charge in [-0.05, 0) is 6.92 Å². The van der Waals surface area contributed by atoms with Gasteiger partial charge in [-0.3, -0.25) is 4.57 Å². The van der Waals surface area contributed by atoms with Crippen LogP contribution in [-0.2, 0) is 4.57 Å². The molecule has 2 N–H and O–H groups in total. The van der Waals surface area contributed by atoms with E-state index in [0.717, 1.165) is 0 Å². The highest BCUT2D eigenvalue weighted by molar-refractivity contribution is 7.52. The molecule has 0 unspecified atom stereocenters. The zero-order valence-electron chi connectivity index (χ0n) is 4.46. The first-order chi connectivity index (χ1) is 3.56. The normalized spacial score (nSPS) is 9.88. The Morgan fingerprint density at radius 3 is 2.25 bits per heavy atom. The van der Waals surface area contributed by atoms with Crippen molar-refractivity contribution in [2.75, 3.05) is 6.16 Å². The van der Waals surface area contributed by atoms with Crippen molar-refractivity contribution >= 4 is 7.60 Å². The van der Waals surface area contributed by atoms with Gasteiger partial charge in [-0.25, -0.2) is 0 Å². The summed E-state index contributed by atoms with van der Waals surface area (Å²) in [4.78, 5) is 16.3. The molecule has 0 atom stereocenters. The first-order valence-corrected chi connectivity index (χ1v) is 3.80. The van der Waals surface area contributed by atoms with Crippen LogP contribution >= 0.6 is 7.60 Å². The fraction of sp³-hybridized carbons (Fsp3) is 0.500. The average molecular weight is 134 g/mol. The first-order valence-electron chi connectivity index (χ1n) is 2.00. The lowest BCUT2D eigenvalue weighted by molar-refractivity contribution is 0.377. The summed E-state index contributed by atoms with van der Waals surface area (Å²) in [7, 11) is -3.86. The Hall–Kier alpha value is -0.290. The van der Waals surface area contributed by atoms with Crippen molar-refractivity contribution in [3.8, 4) is 11.8 Å². The van der Waals surface area contributed by atoms with Crippen LogP contribution in [0.4, 0.5) is 0 Å². The fourth-order valence-corrected chi connectivity index (χ4v) is 0.546. The first kappa shape index (κ1) is 7.71. The molecule has 0 aromatic rings. The van der Waals surface area contributed by atoms with Gasteiger partial charge in [-0.2, -0.15) is 0 Å². The van der Waals surface area contributed by atoms with Crippen LogP contribution in [0.25, 0.3) is 0 Å². The maximum absolute atomic E-state index is 9.98. The smallest absolute Gasteiger partial charge is 0.324 e. The van der Waals surface area contributed by atoms with E-state index in [1.807, 2.05) is 0 Å². The molecule has 0 spiro atoms. The zero-order valence-corrected chi connectivity index (χ0v) is 5.35. The lowest BCUT2D eigenvalue weighted by Gasteiger charge is -1.92. The second kappa shape index (κ2) is 2.88. The van der Waals surface area contributed by atoms with E-state index in [1.165, 1.54) is 6.92 Å². The van der Waals surface area contributed by atoms with E-state index in [4.69, 9.17) is 9.79 Å². The summed E-state index contributed by atoms with van der Waals surface area (Å²) in [5, 5.41) is 0. The van der Waals surface area contributed by atoms with Crippen molar-refractivity contribution in [3.05, 3.63) is 0 Å². The largest absolute Gasteiger partial charge is 0.337 e. The molecule has 0 aromatic carbocycles. The Bertz CT molecular complexity index is 158. The van der Waals surface area contributed by atoms with E-state index in [9.17, 15) is 4.57 Å². The molecule has 0 fully saturated rings. The van der Waals surface area contributed by atoms with Crippen LogP contribution in [0.1, 0.15) is 6.92 Å². The molecule has 0 aliphatic rings. The quantitative estimate of drug-likeness (QED) is 0.397. The minimum Gasteiger partial charge on any atom is -0.324 e. The minimum atomic E-state index is -3.86. The Morgan fingerprint density at radius 1 is 1.62 bits per heavy atom. The Labute approximate surface area is 47.9 Å². The van der Waals surface area contributed by atoms with Gasteiger partial charge < -0.3 is 9.79 Å². The third-order valence-electron chi connectivity index (χ3n) is 0.462. The summed E-state index contributed by atoms with van der Waals surface area (Å²) < 4.78 is 9.98. The van der Waals surface area contributed by atoms with E-state index in [2.05, 4.69) is 11.8 Å². The third-order valence-corrected chi connectivity index (χ3v) is 1.03. The molecule has 0 aliphatic carbocycles. The molecule has 0 aromatic heterocycles. The average Bonchev–Trinajstić information content (AvgIpc) is 1.59. The highest BCUT2D eigenvalue weighted by Crippen LogP contribution is 2.32. The lowest BCUT2D eigenvalue weighted by Crippen LogP contribution is -1.80. The van der Waals surface area contributed by atoms with E-state index in [1.54, 1.807) is 0 Å². The summed E-state index contributed by atoms with van der Waals surface area (Å²) >= 11 is 0. The van der Waals surface area contributed by atoms with Crippen LogP contribution in [0.5, 0.6) is 0 Å².